The summed E-state index contributed by atoms with van der Waals surface area (Å²) in [5.41, 5.74) is 0. The van der Waals surface area contributed by atoms with Crippen molar-refractivity contribution in [3.05, 3.63) is 24.3 Å². The van der Waals surface area contributed by atoms with Crippen molar-refractivity contribution in [3.8, 4) is 0 Å². The summed E-state index contributed by atoms with van der Waals surface area (Å²) in [6, 6.07) is 2.89. The van der Waals surface area contributed by atoms with Crippen LogP contribution in [0.3, 0.4) is 0 Å². The van der Waals surface area contributed by atoms with Gasteiger partial charge in [-0.2, -0.15) is 0 Å². The van der Waals surface area contributed by atoms with Gasteiger partial charge in [0.1, 0.15) is 0 Å². The van der Waals surface area contributed by atoms with Crippen LogP contribution >= 0.6 is 0 Å². The van der Waals surface area contributed by atoms with Crippen LogP contribution in [0.5, 0.6) is 0 Å². The predicted molar refractivity (Wildman–Crippen MR) is 70.0 cm³/mol. The van der Waals surface area contributed by atoms with Crippen molar-refractivity contribution in [1.82, 2.24) is 4.72 Å². The Hall–Kier alpha value is -1.06. The van der Waals surface area contributed by atoms with Crippen molar-refractivity contribution < 1.29 is 25.6 Å². The summed E-state index contributed by atoms with van der Waals surface area (Å²) in [4.78, 5) is -0.277. The number of benzene rings is 1. The van der Waals surface area contributed by atoms with Crippen molar-refractivity contribution in [1.29, 1.82) is 0 Å². The van der Waals surface area contributed by atoms with Gasteiger partial charge in [-0.1, -0.05) is 6.92 Å². The second kappa shape index (κ2) is 6.15. The number of sulfone groups is 1. The van der Waals surface area contributed by atoms with Crippen molar-refractivity contribution in [2.45, 2.75) is 36.1 Å². The van der Waals surface area contributed by atoms with Gasteiger partial charge in [0.05, 0.1) is 21.6 Å². The van der Waals surface area contributed by atoms with E-state index in [1.54, 1.807) is 0 Å². The molecule has 0 heterocycles. The van der Waals surface area contributed by atoms with Gasteiger partial charge in [-0.15, -0.1) is 0 Å². The molecule has 9 heteroatoms. The molecule has 1 unspecified atom stereocenters. The zero-order valence-electron chi connectivity index (χ0n) is 10.9. The molecule has 0 saturated carbocycles. The standard InChI is InChI=1S/C11H15F2NO4S2/c1-3-19(15,16)9-4-6-10(7-5-9)20(17,18)14-8(2)11(12)13/h4-8,11,14H,3H2,1-2H3. The molecule has 0 fully saturated rings. The number of hydrogen-bond acceptors (Lipinski definition) is 4. The maximum atomic E-state index is 12.3. The molecule has 0 spiro atoms. The highest BCUT2D eigenvalue weighted by Gasteiger charge is 2.23. The molecule has 0 aliphatic rings. The summed E-state index contributed by atoms with van der Waals surface area (Å²) in [6.07, 6.45) is -2.83. The van der Waals surface area contributed by atoms with Crippen LogP contribution in [0, 0.1) is 0 Å². The van der Waals surface area contributed by atoms with Crippen LogP contribution in [0.1, 0.15) is 13.8 Å². The van der Waals surface area contributed by atoms with E-state index in [0.717, 1.165) is 31.2 Å². The highest BCUT2D eigenvalue weighted by molar-refractivity contribution is 7.91. The lowest BCUT2D eigenvalue weighted by molar-refractivity contribution is 0.116. The Kier molecular flexibility index (Phi) is 5.22. The molecule has 0 radical (unpaired) electrons. The third kappa shape index (κ3) is 3.97. The van der Waals surface area contributed by atoms with Gasteiger partial charge in [-0.25, -0.2) is 30.3 Å². The lowest BCUT2D eigenvalue weighted by atomic mass is 10.4. The second-order valence-electron chi connectivity index (χ2n) is 4.12. The minimum Gasteiger partial charge on any atom is -0.224 e. The number of alkyl halides is 2. The van der Waals surface area contributed by atoms with Crippen LogP contribution in [-0.2, 0) is 19.9 Å². The number of rotatable bonds is 6. The first kappa shape index (κ1) is 17.0. The summed E-state index contributed by atoms with van der Waals surface area (Å²) < 4.78 is 73.2. The van der Waals surface area contributed by atoms with Gasteiger partial charge in [0.2, 0.25) is 10.0 Å². The van der Waals surface area contributed by atoms with Crippen LogP contribution in [0.25, 0.3) is 0 Å². The molecule has 1 aromatic carbocycles. The van der Waals surface area contributed by atoms with Gasteiger partial charge in [0.25, 0.3) is 6.43 Å². The molecular formula is C11H15F2NO4S2. The Morgan fingerprint density at radius 1 is 1.05 bits per heavy atom. The third-order valence-corrected chi connectivity index (χ3v) is 5.92. The molecular weight excluding hydrogens is 312 g/mol. The Morgan fingerprint density at radius 2 is 1.50 bits per heavy atom. The zero-order chi connectivity index (χ0) is 15.6. The zero-order valence-corrected chi connectivity index (χ0v) is 12.5. The monoisotopic (exact) mass is 327 g/mol. The highest BCUT2D eigenvalue weighted by atomic mass is 32.2. The molecule has 0 aliphatic heterocycles. The first-order valence-electron chi connectivity index (χ1n) is 5.73. The largest absolute Gasteiger partial charge is 0.254 e. The number of nitrogens with one attached hydrogen (secondary N) is 1. The summed E-state index contributed by atoms with van der Waals surface area (Å²) in [7, 11) is -7.53. The van der Waals surface area contributed by atoms with Gasteiger partial charge < -0.3 is 0 Å². The van der Waals surface area contributed by atoms with Crippen LogP contribution < -0.4 is 4.72 Å². The van der Waals surface area contributed by atoms with Gasteiger partial charge >= 0.3 is 0 Å². The normalized spacial score (nSPS) is 14.4. The Balaban J connectivity index is 3.05. The molecule has 1 aromatic rings. The van der Waals surface area contributed by atoms with Crippen LogP contribution in [0.4, 0.5) is 8.78 Å². The van der Waals surface area contributed by atoms with Gasteiger partial charge in [-0.05, 0) is 31.2 Å². The lowest BCUT2D eigenvalue weighted by Crippen LogP contribution is -2.37. The molecule has 1 N–H and O–H groups in total. The molecule has 0 aliphatic carbocycles. The van der Waals surface area contributed by atoms with Crippen LogP contribution in [0.2, 0.25) is 0 Å². The summed E-state index contributed by atoms with van der Waals surface area (Å²) in [5, 5.41) is 0. The number of halogens is 2. The SMILES string of the molecule is CCS(=O)(=O)c1ccc(S(=O)(=O)NC(C)C(F)F)cc1. The van der Waals surface area contributed by atoms with E-state index < -0.39 is 32.3 Å². The van der Waals surface area contributed by atoms with Gasteiger partial charge in [-0.3, -0.25) is 0 Å². The van der Waals surface area contributed by atoms with E-state index in [1.165, 1.54) is 6.92 Å². The highest BCUT2D eigenvalue weighted by Crippen LogP contribution is 2.16. The molecule has 5 nitrogen and oxygen atoms in total. The fourth-order valence-electron chi connectivity index (χ4n) is 1.36. The molecule has 20 heavy (non-hydrogen) atoms. The quantitative estimate of drug-likeness (QED) is 0.857. The fourth-order valence-corrected chi connectivity index (χ4v) is 3.46. The van der Waals surface area contributed by atoms with E-state index in [0.29, 0.717) is 0 Å². The minimum absolute atomic E-state index is 0.0131. The summed E-state index contributed by atoms with van der Waals surface area (Å²) in [5.74, 6) is -0.111. The molecule has 0 amide bonds. The average molecular weight is 327 g/mol. The van der Waals surface area contributed by atoms with Crippen molar-refractivity contribution in [3.63, 3.8) is 0 Å². The molecule has 0 aromatic heterocycles. The predicted octanol–water partition coefficient (Wildman–Crippen LogP) is 1.41. The number of sulfonamides is 1. The number of hydrogen-bond donors (Lipinski definition) is 1. The van der Waals surface area contributed by atoms with E-state index >= 15 is 0 Å². The summed E-state index contributed by atoms with van der Waals surface area (Å²) >= 11 is 0. The topological polar surface area (TPSA) is 80.3 Å². The average Bonchev–Trinajstić information content (AvgIpc) is 2.38. The van der Waals surface area contributed by atoms with Crippen LogP contribution in [0.15, 0.2) is 34.1 Å². The van der Waals surface area contributed by atoms with E-state index in [-0.39, 0.29) is 15.5 Å². The third-order valence-electron chi connectivity index (χ3n) is 2.59. The van der Waals surface area contributed by atoms with Crippen molar-refractivity contribution >= 4 is 19.9 Å². The summed E-state index contributed by atoms with van der Waals surface area (Å²) in [6.45, 7) is 2.50. The second-order valence-corrected chi connectivity index (χ2v) is 8.11. The molecule has 1 atom stereocenters. The van der Waals surface area contributed by atoms with Crippen molar-refractivity contribution in [2.75, 3.05) is 5.75 Å². The fraction of sp³-hybridized carbons (Fsp3) is 0.455. The molecule has 114 valence electrons. The smallest absolute Gasteiger partial charge is 0.224 e. The lowest BCUT2D eigenvalue weighted by Gasteiger charge is -2.13. The molecule has 0 bridgehead atoms. The van der Waals surface area contributed by atoms with Crippen molar-refractivity contribution in [2.24, 2.45) is 0 Å². The Morgan fingerprint density at radius 3 is 1.90 bits per heavy atom. The maximum absolute atomic E-state index is 12.3. The van der Waals surface area contributed by atoms with E-state index in [2.05, 4.69) is 0 Å². The Labute approximate surface area is 117 Å². The first-order valence-corrected chi connectivity index (χ1v) is 8.87. The Bertz CT molecular complexity index is 654. The first-order chi connectivity index (χ1) is 9.10. The maximum Gasteiger partial charge on any atom is 0.254 e. The molecule has 0 saturated heterocycles. The van der Waals surface area contributed by atoms with Crippen LogP contribution in [-0.4, -0.2) is 35.1 Å². The minimum atomic E-state index is -4.10. The molecule has 1 rings (SSSR count). The van der Waals surface area contributed by atoms with Gasteiger partial charge in [0.15, 0.2) is 9.84 Å². The van der Waals surface area contributed by atoms with Gasteiger partial charge in [0, 0.05) is 0 Å². The van der Waals surface area contributed by atoms with E-state index in [4.69, 9.17) is 0 Å². The van der Waals surface area contributed by atoms with E-state index in [9.17, 15) is 25.6 Å². The van der Waals surface area contributed by atoms with E-state index in [1.807, 2.05) is 4.72 Å².